The first kappa shape index (κ1) is 38.1. The molecular formula is C30H43ClN7O8PS. The highest BCUT2D eigenvalue weighted by molar-refractivity contribution is 8.13. The number of esters is 1. The predicted octanol–water partition coefficient (Wildman–Crippen LogP) is 3.41. The maximum atomic E-state index is 13.9. The summed E-state index contributed by atoms with van der Waals surface area (Å²) in [5.74, 6) is -0.372. The van der Waals surface area contributed by atoms with Crippen LogP contribution in [0.25, 0.3) is 11.2 Å². The highest BCUT2D eigenvalue weighted by Gasteiger charge is 2.54. The van der Waals surface area contributed by atoms with E-state index >= 15 is 0 Å². The highest BCUT2D eigenvalue weighted by atomic mass is 35.5. The van der Waals surface area contributed by atoms with E-state index in [1.54, 1.807) is 39.2 Å². The molecule has 0 saturated carbocycles. The lowest BCUT2D eigenvalue weighted by Crippen LogP contribution is -2.40. The number of halogens is 1. The van der Waals surface area contributed by atoms with E-state index in [2.05, 4.69) is 20.0 Å². The summed E-state index contributed by atoms with van der Waals surface area (Å²) in [7, 11) is -4.03. The number of hydrogen-bond acceptors (Lipinski definition) is 14. The first-order valence-corrected chi connectivity index (χ1v) is 18.2. The largest absolute Gasteiger partial charge is 0.463 e. The lowest BCUT2D eigenvalue weighted by molar-refractivity contribution is -0.150. The number of benzene rings is 1. The Morgan fingerprint density at radius 3 is 2.62 bits per heavy atom. The summed E-state index contributed by atoms with van der Waals surface area (Å²) in [6, 6.07) is 8.43. The monoisotopic (exact) mass is 727 g/mol. The van der Waals surface area contributed by atoms with Crippen molar-refractivity contribution in [3.63, 3.8) is 0 Å². The summed E-state index contributed by atoms with van der Waals surface area (Å²) in [5, 5.41) is 13.7. The van der Waals surface area contributed by atoms with Gasteiger partial charge in [0.15, 0.2) is 22.8 Å². The van der Waals surface area contributed by atoms with E-state index in [1.165, 1.54) is 12.7 Å². The molecule has 0 aliphatic carbocycles. The van der Waals surface area contributed by atoms with Crippen LogP contribution in [0.1, 0.15) is 46.4 Å². The molecule has 0 amide bonds. The smallest absolute Gasteiger partial charge is 0.405 e. The Morgan fingerprint density at radius 2 is 1.94 bits per heavy atom. The second-order valence-electron chi connectivity index (χ2n) is 12.6. The SMILES string of the molecule is CC(C)[C@H](N)C(=O)OCC(C)(C)C(=O)SCCO[P@](=O)(NCc1ccccc1)OC[C@H]1O[C@@H](n2cnc3c(N)ncnc32)[C@](C)(Cl)[C@@H]1O. The van der Waals surface area contributed by atoms with Crippen molar-refractivity contribution in [1.29, 1.82) is 0 Å². The van der Waals surface area contributed by atoms with Crippen LogP contribution in [0.2, 0.25) is 0 Å². The Morgan fingerprint density at radius 1 is 1.23 bits per heavy atom. The molecule has 0 unspecified atom stereocenters. The minimum absolute atomic E-state index is 0.104. The molecule has 3 aromatic rings. The van der Waals surface area contributed by atoms with Crippen molar-refractivity contribution < 1.29 is 37.8 Å². The third-order valence-corrected chi connectivity index (χ3v) is 10.9. The number of anilines is 1. The molecule has 0 bridgehead atoms. The second-order valence-corrected chi connectivity index (χ2v) is 16.3. The molecule has 6 N–H and O–H groups in total. The number of alkyl halides is 1. The molecule has 1 aliphatic rings. The Kier molecular flexibility index (Phi) is 12.6. The normalized spacial score (nSPS) is 23.3. The second kappa shape index (κ2) is 15.9. The molecule has 264 valence electrons. The number of nitrogens with zero attached hydrogens (tertiary/aromatic N) is 4. The van der Waals surface area contributed by atoms with Gasteiger partial charge in [0.1, 0.15) is 41.6 Å². The molecule has 1 aromatic carbocycles. The molecule has 15 nitrogen and oxygen atoms in total. The predicted molar refractivity (Wildman–Crippen MR) is 182 cm³/mol. The number of imidazole rings is 1. The van der Waals surface area contributed by atoms with Crippen LogP contribution >= 0.6 is 31.1 Å². The highest BCUT2D eigenvalue weighted by Crippen LogP contribution is 2.48. The number of nitrogens with two attached hydrogens (primary N) is 2. The van der Waals surface area contributed by atoms with Crippen LogP contribution in [-0.4, -0.2) is 84.4 Å². The lowest BCUT2D eigenvalue weighted by atomic mass is 9.97. The number of carbonyl (C=O) groups is 2. The standard InChI is InChI=1S/C30H43ClN7O8PS/c1-18(2)21(32)26(40)43-15-29(3,4)28(41)48-12-11-44-47(42,37-13-19-9-7-6-8-10-19)45-14-20-23(39)30(5,31)27(46-20)38-17-36-22-24(33)34-16-35-25(22)38/h6-10,16-18,20-21,23,27,39H,11-15,32H2,1-5H3,(H,37,42)(H2,33,34,35)/t20-,21+,23-,27-,30-,47-/m1/s1. The van der Waals surface area contributed by atoms with E-state index in [4.69, 9.17) is 41.6 Å². The van der Waals surface area contributed by atoms with Crippen LogP contribution in [0, 0.1) is 11.3 Å². The molecule has 1 saturated heterocycles. The first-order chi connectivity index (χ1) is 22.6. The van der Waals surface area contributed by atoms with Gasteiger partial charge in [-0.15, -0.1) is 11.6 Å². The average molecular weight is 728 g/mol. The molecule has 2 aromatic heterocycles. The maximum absolute atomic E-state index is 13.9. The number of rotatable bonds is 16. The van der Waals surface area contributed by atoms with Gasteiger partial charge < -0.3 is 26.0 Å². The van der Waals surface area contributed by atoms with Crippen molar-refractivity contribution >= 4 is 59.2 Å². The van der Waals surface area contributed by atoms with Crippen molar-refractivity contribution in [2.24, 2.45) is 17.1 Å². The number of nitrogen functional groups attached to an aromatic ring is 1. The zero-order valence-corrected chi connectivity index (χ0v) is 29.9. The van der Waals surface area contributed by atoms with Gasteiger partial charge in [0.05, 0.1) is 25.0 Å². The fourth-order valence-corrected chi connectivity index (χ4v) is 7.17. The van der Waals surface area contributed by atoms with Crippen molar-refractivity contribution in [1.82, 2.24) is 24.6 Å². The zero-order valence-electron chi connectivity index (χ0n) is 27.4. The Hall–Kier alpha value is -2.66. The molecule has 6 atom stereocenters. The van der Waals surface area contributed by atoms with Gasteiger partial charge in [0.25, 0.3) is 0 Å². The average Bonchev–Trinajstić information content (AvgIpc) is 3.58. The van der Waals surface area contributed by atoms with Gasteiger partial charge in [-0.25, -0.2) is 24.6 Å². The third kappa shape index (κ3) is 9.11. The molecule has 0 spiro atoms. The molecule has 3 heterocycles. The van der Waals surface area contributed by atoms with E-state index in [0.29, 0.717) is 11.2 Å². The van der Waals surface area contributed by atoms with Crippen LogP contribution < -0.4 is 16.6 Å². The number of nitrogens with one attached hydrogen (secondary N) is 1. The van der Waals surface area contributed by atoms with Gasteiger partial charge in [-0.05, 0) is 32.3 Å². The van der Waals surface area contributed by atoms with E-state index in [1.807, 2.05) is 30.3 Å². The Balaban J connectivity index is 1.38. The van der Waals surface area contributed by atoms with Gasteiger partial charge in [0, 0.05) is 12.3 Å². The quantitative estimate of drug-likeness (QED) is 0.0720. The van der Waals surface area contributed by atoms with Gasteiger partial charge in [-0.2, -0.15) is 0 Å². The van der Waals surface area contributed by atoms with Crippen molar-refractivity contribution in [3.05, 3.63) is 48.5 Å². The van der Waals surface area contributed by atoms with Gasteiger partial charge >= 0.3 is 13.7 Å². The lowest BCUT2D eigenvalue weighted by Gasteiger charge is -2.26. The molecule has 18 heteroatoms. The Labute approximate surface area is 288 Å². The number of aliphatic hydroxyl groups excluding tert-OH is 1. The third-order valence-electron chi connectivity index (χ3n) is 7.78. The molecule has 4 rings (SSSR count). The minimum Gasteiger partial charge on any atom is -0.463 e. The minimum atomic E-state index is -4.03. The maximum Gasteiger partial charge on any atom is 0.405 e. The van der Waals surface area contributed by atoms with Crippen molar-refractivity contribution in [2.75, 3.05) is 31.3 Å². The van der Waals surface area contributed by atoms with Crippen molar-refractivity contribution in [2.45, 2.75) is 70.5 Å². The fourth-order valence-electron chi connectivity index (χ4n) is 4.64. The number of hydrogen-bond donors (Lipinski definition) is 4. The number of ether oxygens (including phenoxy) is 2. The van der Waals surface area contributed by atoms with Crippen LogP contribution in [0.5, 0.6) is 0 Å². The summed E-state index contributed by atoms with van der Waals surface area (Å²) in [5.41, 5.74) is 12.3. The molecule has 1 aliphatic heterocycles. The van der Waals surface area contributed by atoms with Crippen LogP contribution in [-0.2, 0) is 39.2 Å². The first-order valence-electron chi connectivity index (χ1n) is 15.3. The van der Waals surface area contributed by atoms with Crippen LogP contribution in [0.3, 0.4) is 0 Å². The summed E-state index contributed by atoms with van der Waals surface area (Å²) < 4.78 is 38.4. The van der Waals surface area contributed by atoms with E-state index in [0.717, 1.165) is 17.3 Å². The summed E-state index contributed by atoms with van der Waals surface area (Å²) in [6.07, 6.45) is -0.496. The van der Waals surface area contributed by atoms with Gasteiger partial charge in [0.2, 0.25) is 0 Å². The van der Waals surface area contributed by atoms with E-state index in [9.17, 15) is 19.3 Å². The van der Waals surface area contributed by atoms with Gasteiger partial charge in [-0.3, -0.25) is 23.2 Å². The van der Waals surface area contributed by atoms with Crippen molar-refractivity contribution in [3.8, 4) is 0 Å². The van der Waals surface area contributed by atoms with Crippen LogP contribution in [0.4, 0.5) is 5.82 Å². The fraction of sp³-hybridized carbons (Fsp3) is 0.567. The number of carbonyl (C=O) groups excluding carboxylic acids is 2. The summed E-state index contributed by atoms with van der Waals surface area (Å²) in [4.78, 5) is 36.2. The van der Waals surface area contributed by atoms with Gasteiger partial charge in [-0.1, -0.05) is 55.9 Å². The Bertz CT molecular complexity index is 1610. The summed E-state index contributed by atoms with van der Waals surface area (Å²) >= 11 is 7.75. The zero-order chi connectivity index (χ0) is 35.3. The number of aliphatic hydroxyl groups is 1. The molecular weight excluding hydrogens is 685 g/mol. The summed E-state index contributed by atoms with van der Waals surface area (Å²) in [6.45, 7) is 8.05. The number of fused-ring (bicyclic) bond motifs is 1. The molecule has 1 fully saturated rings. The number of thioether (sulfide) groups is 1. The molecule has 48 heavy (non-hydrogen) atoms. The molecule has 0 radical (unpaired) electrons. The van der Waals surface area contributed by atoms with Crippen LogP contribution in [0.15, 0.2) is 43.0 Å². The van der Waals surface area contributed by atoms with E-state index < -0.39 is 48.5 Å². The number of aromatic nitrogens is 4. The van der Waals surface area contributed by atoms with E-state index in [-0.39, 0.29) is 49.0 Å². The topological polar surface area (TPSA) is 216 Å².